The maximum absolute atomic E-state index is 12.4. The summed E-state index contributed by atoms with van der Waals surface area (Å²) in [5, 5.41) is 27.7. The number of nitrogens with two attached hydrogens (primary N) is 1. The number of benzene rings is 2. The van der Waals surface area contributed by atoms with E-state index in [2.05, 4.69) is 16.5 Å². The lowest BCUT2D eigenvalue weighted by Crippen LogP contribution is -2.25. The number of nitro groups is 1. The fraction of sp³-hybridized carbons (Fsp3) is 0.190. The molecule has 1 heterocycles. The van der Waals surface area contributed by atoms with Crippen LogP contribution in [0.2, 0.25) is 0 Å². The van der Waals surface area contributed by atoms with Crippen molar-refractivity contribution in [2.45, 2.75) is 19.8 Å². The zero-order valence-corrected chi connectivity index (χ0v) is 16.3. The molecule has 3 rings (SSSR count). The molecule has 0 saturated carbocycles. The molecule has 152 valence electrons. The number of anilines is 1. The van der Waals surface area contributed by atoms with Gasteiger partial charge in [-0.1, -0.05) is 24.3 Å². The average molecular weight is 404 g/mol. The van der Waals surface area contributed by atoms with Crippen molar-refractivity contribution < 1.29 is 9.72 Å². The summed E-state index contributed by atoms with van der Waals surface area (Å²) in [6, 6.07) is 15.8. The van der Waals surface area contributed by atoms with Crippen molar-refractivity contribution in [1.29, 1.82) is 5.26 Å². The minimum absolute atomic E-state index is 0.0942. The van der Waals surface area contributed by atoms with Gasteiger partial charge in [0, 0.05) is 23.7 Å². The molecule has 2 aromatic carbocycles. The van der Waals surface area contributed by atoms with Crippen LogP contribution < -0.4 is 11.1 Å². The number of aromatic nitrogens is 2. The van der Waals surface area contributed by atoms with E-state index >= 15 is 0 Å². The number of carbonyl (C=O) groups excluding carboxylic acids is 1. The van der Waals surface area contributed by atoms with Crippen molar-refractivity contribution >= 4 is 17.4 Å². The smallest absolute Gasteiger partial charge is 0.273 e. The number of nitrogens with zero attached hydrogens (tertiary/aromatic N) is 4. The molecule has 30 heavy (non-hydrogen) atoms. The molecule has 9 nitrogen and oxygen atoms in total. The Labute approximate surface area is 172 Å². The average Bonchev–Trinajstić information content (AvgIpc) is 3.06. The first-order valence-electron chi connectivity index (χ1n) is 9.29. The monoisotopic (exact) mass is 404 g/mol. The highest BCUT2D eigenvalue weighted by atomic mass is 16.6. The summed E-state index contributed by atoms with van der Waals surface area (Å²) in [5.41, 5.74) is 8.20. The zero-order valence-electron chi connectivity index (χ0n) is 16.3. The predicted molar refractivity (Wildman–Crippen MR) is 111 cm³/mol. The summed E-state index contributed by atoms with van der Waals surface area (Å²) < 4.78 is 1.53. The van der Waals surface area contributed by atoms with Gasteiger partial charge in [0.1, 0.15) is 17.5 Å². The second-order valence-corrected chi connectivity index (χ2v) is 6.63. The van der Waals surface area contributed by atoms with E-state index in [4.69, 9.17) is 5.73 Å². The molecule has 0 bridgehead atoms. The van der Waals surface area contributed by atoms with Gasteiger partial charge in [-0.25, -0.2) is 4.68 Å². The Kier molecular flexibility index (Phi) is 6.08. The summed E-state index contributed by atoms with van der Waals surface area (Å²) >= 11 is 0. The molecular weight excluding hydrogens is 384 g/mol. The Balaban J connectivity index is 1.65. The number of nitrogens with one attached hydrogen (secondary N) is 1. The van der Waals surface area contributed by atoms with Crippen LogP contribution >= 0.6 is 0 Å². The number of nitriles is 1. The molecule has 0 saturated heterocycles. The summed E-state index contributed by atoms with van der Waals surface area (Å²) in [7, 11) is 0. The first-order valence-corrected chi connectivity index (χ1v) is 9.29. The van der Waals surface area contributed by atoms with Crippen LogP contribution in [0.25, 0.3) is 5.69 Å². The van der Waals surface area contributed by atoms with E-state index in [0.717, 1.165) is 5.69 Å². The van der Waals surface area contributed by atoms with Crippen LogP contribution in [-0.4, -0.2) is 27.2 Å². The highest BCUT2D eigenvalue weighted by Crippen LogP contribution is 2.22. The summed E-state index contributed by atoms with van der Waals surface area (Å²) in [6.07, 6.45) is 0.973. The van der Waals surface area contributed by atoms with Gasteiger partial charge in [-0.15, -0.1) is 0 Å². The molecule has 0 atom stereocenters. The molecule has 0 unspecified atom stereocenters. The Bertz CT molecular complexity index is 1130. The topological polar surface area (TPSA) is 140 Å². The molecule has 1 aromatic heterocycles. The van der Waals surface area contributed by atoms with Gasteiger partial charge < -0.3 is 11.1 Å². The molecule has 0 aliphatic rings. The number of hydrogen-bond acceptors (Lipinski definition) is 6. The van der Waals surface area contributed by atoms with Gasteiger partial charge in [-0.3, -0.25) is 14.9 Å². The van der Waals surface area contributed by atoms with Crippen LogP contribution in [-0.2, 0) is 6.42 Å². The standard InChI is InChI=1S/C21H20N6O3/c1-14-16(9-5-11-19(14)27(29)30)21(28)24-12-6-10-18-17(13-22)20(23)26(25-18)15-7-3-2-4-8-15/h2-5,7-9,11H,6,10,12,23H2,1H3,(H,24,28). The molecule has 1 amide bonds. The van der Waals surface area contributed by atoms with Gasteiger partial charge in [0.15, 0.2) is 0 Å². The van der Waals surface area contributed by atoms with Crippen molar-refractivity contribution in [3.63, 3.8) is 0 Å². The Hall–Kier alpha value is -4.19. The molecule has 9 heteroatoms. The Morgan fingerprint density at radius 2 is 2.00 bits per heavy atom. The summed E-state index contributed by atoms with van der Waals surface area (Å²) in [6.45, 7) is 1.87. The van der Waals surface area contributed by atoms with Crippen LogP contribution in [0.4, 0.5) is 11.5 Å². The van der Waals surface area contributed by atoms with E-state index in [0.29, 0.717) is 36.2 Å². The van der Waals surface area contributed by atoms with Crippen LogP contribution in [0, 0.1) is 28.4 Å². The van der Waals surface area contributed by atoms with Gasteiger partial charge in [0.05, 0.1) is 16.3 Å². The van der Waals surface area contributed by atoms with Gasteiger partial charge in [-0.05, 0) is 38.0 Å². The van der Waals surface area contributed by atoms with Crippen LogP contribution in [0.15, 0.2) is 48.5 Å². The van der Waals surface area contributed by atoms with E-state index in [-0.39, 0.29) is 23.0 Å². The van der Waals surface area contributed by atoms with Crippen molar-refractivity contribution in [3.8, 4) is 11.8 Å². The first-order chi connectivity index (χ1) is 14.4. The minimum Gasteiger partial charge on any atom is -0.382 e. The fourth-order valence-corrected chi connectivity index (χ4v) is 3.16. The largest absolute Gasteiger partial charge is 0.382 e. The lowest BCUT2D eigenvalue weighted by Gasteiger charge is -2.07. The third kappa shape index (κ3) is 4.12. The van der Waals surface area contributed by atoms with E-state index in [1.54, 1.807) is 13.0 Å². The third-order valence-electron chi connectivity index (χ3n) is 4.73. The number of nitro benzene ring substituents is 1. The molecule has 0 aliphatic carbocycles. The van der Waals surface area contributed by atoms with Gasteiger partial charge >= 0.3 is 0 Å². The van der Waals surface area contributed by atoms with Crippen molar-refractivity contribution in [1.82, 2.24) is 15.1 Å². The molecule has 0 fully saturated rings. The maximum atomic E-state index is 12.4. The van der Waals surface area contributed by atoms with Crippen molar-refractivity contribution in [2.24, 2.45) is 0 Å². The molecule has 0 radical (unpaired) electrons. The second kappa shape index (κ2) is 8.87. The number of nitrogen functional groups attached to an aromatic ring is 1. The van der Waals surface area contributed by atoms with E-state index in [9.17, 15) is 20.2 Å². The lowest BCUT2D eigenvalue weighted by molar-refractivity contribution is -0.385. The van der Waals surface area contributed by atoms with Crippen LogP contribution in [0.1, 0.15) is 33.6 Å². The van der Waals surface area contributed by atoms with Gasteiger partial charge in [0.2, 0.25) is 0 Å². The van der Waals surface area contributed by atoms with Crippen LogP contribution in [0.5, 0.6) is 0 Å². The lowest BCUT2D eigenvalue weighted by atomic mass is 10.1. The Morgan fingerprint density at radius 3 is 2.67 bits per heavy atom. The number of para-hydroxylation sites is 1. The number of carbonyl (C=O) groups is 1. The normalized spacial score (nSPS) is 10.4. The summed E-state index contributed by atoms with van der Waals surface area (Å²) in [4.78, 5) is 22.9. The van der Waals surface area contributed by atoms with E-state index in [1.807, 2.05) is 30.3 Å². The number of amides is 1. The maximum Gasteiger partial charge on any atom is 0.273 e. The van der Waals surface area contributed by atoms with Gasteiger partial charge in [0.25, 0.3) is 11.6 Å². The number of aryl methyl sites for hydroxylation is 1. The van der Waals surface area contributed by atoms with E-state index < -0.39 is 4.92 Å². The summed E-state index contributed by atoms with van der Waals surface area (Å²) in [5.74, 6) is -0.110. The zero-order chi connectivity index (χ0) is 21.7. The third-order valence-corrected chi connectivity index (χ3v) is 4.73. The highest BCUT2D eigenvalue weighted by molar-refractivity contribution is 5.96. The van der Waals surface area contributed by atoms with E-state index in [1.165, 1.54) is 16.8 Å². The quantitative estimate of drug-likeness (QED) is 0.352. The van der Waals surface area contributed by atoms with Crippen LogP contribution in [0.3, 0.4) is 0 Å². The predicted octanol–water partition coefficient (Wildman–Crippen LogP) is 2.91. The Morgan fingerprint density at radius 1 is 1.27 bits per heavy atom. The molecule has 0 spiro atoms. The number of rotatable bonds is 7. The van der Waals surface area contributed by atoms with Crippen molar-refractivity contribution in [3.05, 3.63) is 81.0 Å². The second-order valence-electron chi connectivity index (χ2n) is 6.63. The highest BCUT2D eigenvalue weighted by Gasteiger charge is 2.18. The molecule has 3 N–H and O–H groups in total. The van der Waals surface area contributed by atoms with Gasteiger partial charge in [-0.2, -0.15) is 10.4 Å². The molecule has 0 aliphatic heterocycles. The van der Waals surface area contributed by atoms with Crippen molar-refractivity contribution in [2.75, 3.05) is 12.3 Å². The fourth-order valence-electron chi connectivity index (χ4n) is 3.16. The first kappa shape index (κ1) is 20.5. The number of hydrogen-bond donors (Lipinski definition) is 2. The molecule has 3 aromatic rings. The minimum atomic E-state index is -0.511. The SMILES string of the molecule is Cc1c(C(=O)NCCCc2nn(-c3ccccc3)c(N)c2C#N)cccc1[N+](=O)[O-]. The molecular formula is C21H20N6O3.